The molecule has 2 heteroatoms. The fraction of sp³-hybridized carbons (Fsp3) is 1.00. The van der Waals surface area contributed by atoms with Crippen LogP contribution in [0.1, 0.15) is 45.4 Å². The Labute approximate surface area is 94.2 Å². The van der Waals surface area contributed by atoms with Gasteiger partial charge in [-0.3, -0.25) is 4.90 Å². The molecule has 0 aromatic heterocycles. The lowest BCUT2D eigenvalue weighted by Crippen LogP contribution is -2.46. The van der Waals surface area contributed by atoms with E-state index in [-0.39, 0.29) is 0 Å². The third-order valence-corrected chi connectivity index (χ3v) is 4.66. The van der Waals surface area contributed by atoms with Crippen LogP contribution in [0.2, 0.25) is 0 Å². The molecule has 88 valence electrons. The van der Waals surface area contributed by atoms with Gasteiger partial charge in [-0.25, -0.2) is 0 Å². The Morgan fingerprint density at radius 1 is 1.13 bits per heavy atom. The van der Waals surface area contributed by atoms with E-state index in [1.165, 1.54) is 38.5 Å². The molecule has 0 heterocycles. The van der Waals surface area contributed by atoms with Gasteiger partial charge in [0.1, 0.15) is 0 Å². The maximum absolute atomic E-state index is 5.91. The first-order valence-corrected chi connectivity index (χ1v) is 6.66. The number of rotatable bonds is 5. The van der Waals surface area contributed by atoms with Gasteiger partial charge in [-0.05, 0) is 51.5 Å². The predicted molar refractivity (Wildman–Crippen MR) is 64.7 cm³/mol. The zero-order valence-electron chi connectivity index (χ0n) is 10.3. The molecule has 2 fully saturated rings. The molecule has 0 radical (unpaired) electrons. The normalized spacial score (nSPS) is 27.2. The smallest absolute Gasteiger partial charge is 0.0246 e. The van der Waals surface area contributed by atoms with Crippen LogP contribution in [0.25, 0.3) is 0 Å². The molecular weight excluding hydrogens is 184 g/mol. The molecule has 0 amide bonds. The summed E-state index contributed by atoms with van der Waals surface area (Å²) < 4.78 is 0. The lowest BCUT2D eigenvalue weighted by Gasteiger charge is -2.36. The molecule has 2 unspecified atom stereocenters. The molecule has 2 atom stereocenters. The Hall–Kier alpha value is -0.0800. The quantitative estimate of drug-likeness (QED) is 0.754. The molecule has 2 nitrogen and oxygen atoms in total. The van der Waals surface area contributed by atoms with Crippen molar-refractivity contribution < 1.29 is 0 Å². The number of hydrogen-bond donors (Lipinski definition) is 1. The van der Waals surface area contributed by atoms with Gasteiger partial charge in [-0.2, -0.15) is 0 Å². The number of nitrogens with two attached hydrogens (primary N) is 1. The van der Waals surface area contributed by atoms with Crippen LogP contribution in [0.15, 0.2) is 0 Å². The molecule has 0 spiro atoms. The van der Waals surface area contributed by atoms with E-state index >= 15 is 0 Å². The Kier molecular flexibility index (Phi) is 3.68. The topological polar surface area (TPSA) is 29.3 Å². The molecule has 0 aromatic carbocycles. The van der Waals surface area contributed by atoms with Crippen LogP contribution >= 0.6 is 0 Å². The lowest BCUT2D eigenvalue weighted by molar-refractivity contribution is 0.126. The Morgan fingerprint density at radius 2 is 1.73 bits per heavy atom. The van der Waals surface area contributed by atoms with Gasteiger partial charge in [-0.15, -0.1) is 0 Å². The first-order chi connectivity index (χ1) is 7.24. The van der Waals surface area contributed by atoms with E-state index < -0.39 is 0 Å². The Balaban J connectivity index is 1.89. The van der Waals surface area contributed by atoms with Crippen molar-refractivity contribution in [2.75, 3.05) is 13.6 Å². The number of hydrogen-bond acceptors (Lipinski definition) is 2. The molecular formula is C13H26N2. The molecule has 0 aromatic rings. The number of likely N-dealkylation sites (N-methyl/N-ethyl adjacent to an activating group) is 1. The fourth-order valence-electron chi connectivity index (χ4n) is 3.25. The lowest BCUT2D eigenvalue weighted by atomic mass is 9.96. The third kappa shape index (κ3) is 2.54. The van der Waals surface area contributed by atoms with E-state index in [0.717, 1.165) is 24.4 Å². The van der Waals surface area contributed by atoms with Crippen molar-refractivity contribution in [3.63, 3.8) is 0 Å². The maximum Gasteiger partial charge on any atom is 0.0246 e. The Bertz CT molecular complexity index is 195. The summed E-state index contributed by atoms with van der Waals surface area (Å²) in [4.78, 5) is 2.58. The SMILES string of the molecule is CC(C1CCCC1)N(C)C(CN)C1CC1. The standard InChI is InChI=1S/C13H26N2/c1-10(11-5-3-4-6-11)15(2)13(9-14)12-7-8-12/h10-13H,3-9,14H2,1-2H3. The van der Waals surface area contributed by atoms with Gasteiger partial charge < -0.3 is 5.73 Å². The second kappa shape index (κ2) is 4.84. The van der Waals surface area contributed by atoms with E-state index in [0.29, 0.717) is 6.04 Å². The molecule has 2 rings (SSSR count). The van der Waals surface area contributed by atoms with Crippen molar-refractivity contribution in [1.82, 2.24) is 4.90 Å². The minimum atomic E-state index is 0.653. The van der Waals surface area contributed by atoms with Crippen molar-refractivity contribution in [2.24, 2.45) is 17.6 Å². The van der Waals surface area contributed by atoms with E-state index in [1.807, 2.05) is 0 Å². The average molecular weight is 210 g/mol. The molecule has 2 aliphatic carbocycles. The summed E-state index contributed by atoms with van der Waals surface area (Å²) >= 11 is 0. The van der Waals surface area contributed by atoms with Gasteiger partial charge in [0.2, 0.25) is 0 Å². The van der Waals surface area contributed by atoms with Gasteiger partial charge in [0.25, 0.3) is 0 Å². The van der Waals surface area contributed by atoms with Crippen molar-refractivity contribution in [2.45, 2.75) is 57.5 Å². The zero-order valence-corrected chi connectivity index (χ0v) is 10.3. The van der Waals surface area contributed by atoms with Crippen molar-refractivity contribution in [1.29, 1.82) is 0 Å². The van der Waals surface area contributed by atoms with Crippen LogP contribution < -0.4 is 5.73 Å². The molecule has 15 heavy (non-hydrogen) atoms. The predicted octanol–water partition coefficient (Wildman–Crippen LogP) is 2.23. The highest BCUT2D eigenvalue weighted by Gasteiger charge is 2.36. The van der Waals surface area contributed by atoms with Crippen molar-refractivity contribution in [3.8, 4) is 0 Å². The first-order valence-electron chi connectivity index (χ1n) is 6.66. The summed E-state index contributed by atoms with van der Waals surface area (Å²) in [5.41, 5.74) is 5.91. The second-order valence-electron chi connectivity index (χ2n) is 5.59. The minimum Gasteiger partial charge on any atom is -0.329 e. The second-order valence-corrected chi connectivity index (χ2v) is 5.59. The maximum atomic E-state index is 5.91. The monoisotopic (exact) mass is 210 g/mol. The summed E-state index contributed by atoms with van der Waals surface area (Å²) in [5, 5.41) is 0. The van der Waals surface area contributed by atoms with Crippen molar-refractivity contribution >= 4 is 0 Å². The average Bonchev–Trinajstić information content (AvgIpc) is 2.93. The van der Waals surface area contributed by atoms with Crippen LogP contribution in [-0.4, -0.2) is 30.6 Å². The highest BCUT2D eigenvalue weighted by molar-refractivity contribution is 4.91. The Morgan fingerprint density at radius 3 is 2.20 bits per heavy atom. The van der Waals surface area contributed by atoms with E-state index in [2.05, 4.69) is 18.9 Å². The van der Waals surface area contributed by atoms with Gasteiger partial charge in [0, 0.05) is 18.6 Å². The highest BCUT2D eigenvalue weighted by Crippen LogP contribution is 2.37. The van der Waals surface area contributed by atoms with Crippen LogP contribution in [0.3, 0.4) is 0 Å². The zero-order chi connectivity index (χ0) is 10.8. The van der Waals surface area contributed by atoms with E-state index in [1.54, 1.807) is 0 Å². The van der Waals surface area contributed by atoms with Crippen LogP contribution in [0.4, 0.5) is 0 Å². The molecule has 0 aliphatic heterocycles. The molecule has 2 aliphatic rings. The van der Waals surface area contributed by atoms with E-state index in [9.17, 15) is 0 Å². The molecule has 2 saturated carbocycles. The van der Waals surface area contributed by atoms with Gasteiger partial charge in [0.15, 0.2) is 0 Å². The highest BCUT2D eigenvalue weighted by atomic mass is 15.2. The van der Waals surface area contributed by atoms with E-state index in [4.69, 9.17) is 5.73 Å². The summed E-state index contributed by atoms with van der Waals surface area (Å²) in [5.74, 6) is 1.84. The van der Waals surface area contributed by atoms with Crippen molar-refractivity contribution in [3.05, 3.63) is 0 Å². The summed E-state index contributed by atoms with van der Waals surface area (Å²) in [6, 6.07) is 1.39. The van der Waals surface area contributed by atoms with Gasteiger partial charge >= 0.3 is 0 Å². The third-order valence-electron chi connectivity index (χ3n) is 4.66. The van der Waals surface area contributed by atoms with Crippen LogP contribution in [0, 0.1) is 11.8 Å². The number of nitrogens with zero attached hydrogens (tertiary/aromatic N) is 1. The van der Waals surface area contributed by atoms with Gasteiger partial charge in [0.05, 0.1) is 0 Å². The summed E-state index contributed by atoms with van der Waals surface area (Å²) in [6.45, 7) is 3.25. The van der Waals surface area contributed by atoms with Gasteiger partial charge in [-0.1, -0.05) is 12.8 Å². The largest absolute Gasteiger partial charge is 0.329 e. The summed E-state index contributed by atoms with van der Waals surface area (Å²) in [6.07, 6.45) is 8.58. The van der Waals surface area contributed by atoms with Crippen LogP contribution in [-0.2, 0) is 0 Å². The first kappa shape index (κ1) is 11.4. The fourth-order valence-corrected chi connectivity index (χ4v) is 3.25. The molecule has 2 N–H and O–H groups in total. The molecule has 0 saturated heterocycles. The minimum absolute atomic E-state index is 0.653. The van der Waals surface area contributed by atoms with Crippen LogP contribution in [0.5, 0.6) is 0 Å². The molecule has 0 bridgehead atoms. The summed E-state index contributed by atoms with van der Waals surface area (Å²) in [7, 11) is 2.29.